The minimum absolute atomic E-state index is 0.337. The van der Waals surface area contributed by atoms with Crippen LogP contribution in [0.4, 0.5) is 8.78 Å². The summed E-state index contributed by atoms with van der Waals surface area (Å²) in [4.78, 5) is 5.65. The Bertz CT molecular complexity index is 674. The Kier molecular flexibility index (Phi) is 4.88. The zero-order valence-electron chi connectivity index (χ0n) is 12.1. The Morgan fingerprint density at radius 1 is 1.23 bits per heavy atom. The summed E-state index contributed by atoms with van der Waals surface area (Å²) in [5.74, 6) is -1.29. The Morgan fingerprint density at radius 2 is 2.00 bits per heavy atom. The zero-order chi connectivity index (χ0) is 16.1. The molecule has 22 heavy (non-hydrogen) atoms. The molecule has 5 heteroatoms. The lowest BCUT2D eigenvalue weighted by Crippen LogP contribution is -2.26. The van der Waals surface area contributed by atoms with E-state index in [9.17, 15) is 8.78 Å². The van der Waals surface area contributed by atoms with Crippen molar-refractivity contribution in [2.45, 2.75) is 6.54 Å². The molecule has 114 valence electrons. The lowest BCUT2D eigenvalue weighted by Gasteiger charge is -2.27. The second-order valence-electron chi connectivity index (χ2n) is 4.85. The van der Waals surface area contributed by atoms with E-state index in [0.29, 0.717) is 24.5 Å². The van der Waals surface area contributed by atoms with E-state index in [0.717, 1.165) is 17.3 Å². The van der Waals surface area contributed by atoms with Gasteiger partial charge in [0.2, 0.25) is 0 Å². The van der Waals surface area contributed by atoms with Crippen molar-refractivity contribution in [1.29, 1.82) is 0 Å². The second kappa shape index (κ2) is 6.85. The van der Waals surface area contributed by atoms with Gasteiger partial charge in [-0.1, -0.05) is 25.3 Å². The SMILES string of the molecule is C=NC(=C)N(CC1=CC=CNC1=C)Cc1ccc(F)c(F)c1. The maximum absolute atomic E-state index is 13.3. The molecule has 0 bridgehead atoms. The average Bonchev–Trinajstić information content (AvgIpc) is 2.51. The summed E-state index contributed by atoms with van der Waals surface area (Å²) >= 11 is 0. The lowest BCUT2D eigenvalue weighted by molar-refractivity contribution is 0.362. The van der Waals surface area contributed by atoms with Gasteiger partial charge in [0.05, 0.1) is 0 Å². The topological polar surface area (TPSA) is 27.6 Å². The molecule has 0 radical (unpaired) electrons. The summed E-state index contributed by atoms with van der Waals surface area (Å²) in [5, 5.41) is 3.02. The monoisotopic (exact) mass is 301 g/mol. The van der Waals surface area contributed by atoms with E-state index in [1.54, 1.807) is 6.20 Å². The van der Waals surface area contributed by atoms with Crippen molar-refractivity contribution >= 4 is 6.72 Å². The highest BCUT2D eigenvalue weighted by atomic mass is 19.2. The molecule has 0 atom stereocenters. The first-order chi connectivity index (χ1) is 10.5. The van der Waals surface area contributed by atoms with Gasteiger partial charge in [-0.2, -0.15) is 0 Å². The number of nitrogens with one attached hydrogen (secondary N) is 1. The minimum Gasteiger partial charge on any atom is -0.362 e. The molecule has 0 saturated heterocycles. The molecule has 1 N–H and O–H groups in total. The van der Waals surface area contributed by atoms with Crippen molar-refractivity contribution in [3.8, 4) is 0 Å². The number of halogens is 2. The molecule has 1 aromatic carbocycles. The highest BCUT2D eigenvalue weighted by molar-refractivity contribution is 5.37. The van der Waals surface area contributed by atoms with Gasteiger partial charge in [0.1, 0.15) is 5.82 Å². The van der Waals surface area contributed by atoms with Crippen LogP contribution >= 0.6 is 0 Å². The van der Waals surface area contributed by atoms with E-state index < -0.39 is 11.6 Å². The van der Waals surface area contributed by atoms with Crippen molar-refractivity contribution in [3.05, 3.63) is 84.0 Å². The zero-order valence-corrected chi connectivity index (χ0v) is 12.1. The van der Waals surface area contributed by atoms with Gasteiger partial charge in [-0.3, -0.25) is 0 Å². The van der Waals surface area contributed by atoms with E-state index >= 15 is 0 Å². The van der Waals surface area contributed by atoms with E-state index in [1.807, 2.05) is 17.1 Å². The Hall–Kier alpha value is -2.69. The summed E-state index contributed by atoms with van der Waals surface area (Å²) in [6, 6.07) is 3.81. The molecular formula is C17H17F2N3. The Morgan fingerprint density at radius 3 is 2.64 bits per heavy atom. The van der Waals surface area contributed by atoms with E-state index in [4.69, 9.17) is 0 Å². The molecule has 1 aliphatic heterocycles. The number of rotatable bonds is 6. The van der Waals surface area contributed by atoms with Crippen LogP contribution < -0.4 is 5.32 Å². The highest BCUT2D eigenvalue weighted by Gasteiger charge is 2.14. The second-order valence-corrected chi connectivity index (χ2v) is 4.85. The number of benzene rings is 1. The minimum atomic E-state index is -0.875. The number of hydrogen-bond acceptors (Lipinski definition) is 3. The van der Waals surface area contributed by atoms with Crippen LogP contribution in [0.5, 0.6) is 0 Å². The van der Waals surface area contributed by atoms with Crippen LogP contribution in [-0.4, -0.2) is 18.2 Å². The first-order valence-corrected chi connectivity index (χ1v) is 6.67. The van der Waals surface area contributed by atoms with Crippen LogP contribution in [0.25, 0.3) is 0 Å². The van der Waals surface area contributed by atoms with Crippen LogP contribution in [0, 0.1) is 11.6 Å². The maximum atomic E-state index is 13.3. The fraction of sp³-hybridized carbons (Fsp3) is 0.118. The van der Waals surface area contributed by atoms with E-state index in [-0.39, 0.29) is 0 Å². The van der Waals surface area contributed by atoms with Crippen LogP contribution in [-0.2, 0) is 6.54 Å². The van der Waals surface area contributed by atoms with Crippen molar-refractivity contribution < 1.29 is 8.78 Å². The molecular weight excluding hydrogens is 284 g/mol. The quantitative estimate of drug-likeness (QED) is 0.814. The van der Waals surface area contributed by atoms with Crippen LogP contribution in [0.1, 0.15) is 5.56 Å². The molecule has 3 nitrogen and oxygen atoms in total. The van der Waals surface area contributed by atoms with Crippen molar-refractivity contribution in [3.63, 3.8) is 0 Å². The van der Waals surface area contributed by atoms with Crippen molar-refractivity contribution in [2.24, 2.45) is 4.99 Å². The molecule has 0 amide bonds. The van der Waals surface area contributed by atoms with E-state index in [2.05, 4.69) is 30.2 Å². The summed E-state index contributed by atoms with van der Waals surface area (Å²) < 4.78 is 26.4. The first-order valence-electron chi connectivity index (χ1n) is 6.67. The molecule has 2 rings (SSSR count). The summed E-state index contributed by atoms with van der Waals surface area (Å²) in [6.07, 6.45) is 5.57. The lowest BCUT2D eigenvalue weighted by atomic mass is 10.1. The first kappa shape index (κ1) is 15.7. The summed E-state index contributed by atoms with van der Waals surface area (Å²) in [6.45, 7) is 12.0. The molecule has 0 saturated carbocycles. The highest BCUT2D eigenvalue weighted by Crippen LogP contribution is 2.18. The van der Waals surface area contributed by atoms with Gasteiger partial charge in [0.25, 0.3) is 0 Å². The van der Waals surface area contributed by atoms with Crippen LogP contribution in [0.3, 0.4) is 0 Å². The smallest absolute Gasteiger partial charge is 0.159 e. The Labute approximate surface area is 128 Å². The standard InChI is InChI=1S/C17H17F2N3/c1-12-15(5-4-8-21-12)11-22(13(2)20-3)10-14-6-7-16(18)17(19)9-14/h4-9,21H,1-3,10-11H2. The number of dihydropyridines is 1. The number of allylic oxidation sites excluding steroid dienone is 2. The molecule has 1 aliphatic rings. The van der Waals surface area contributed by atoms with Gasteiger partial charge in [-0.15, -0.1) is 0 Å². The molecule has 0 aromatic heterocycles. The molecule has 0 unspecified atom stereocenters. The third kappa shape index (κ3) is 3.69. The van der Waals surface area contributed by atoms with Gasteiger partial charge in [0.15, 0.2) is 11.6 Å². The van der Waals surface area contributed by atoms with Crippen molar-refractivity contribution in [2.75, 3.05) is 6.54 Å². The normalized spacial score (nSPS) is 13.4. The molecule has 1 heterocycles. The third-order valence-electron chi connectivity index (χ3n) is 3.31. The molecule has 0 aliphatic carbocycles. The number of nitrogens with zero attached hydrogens (tertiary/aromatic N) is 2. The van der Waals surface area contributed by atoms with Gasteiger partial charge in [0, 0.05) is 25.0 Å². The fourth-order valence-corrected chi connectivity index (χ4v) is 2.06. The Balaban J connectivity index is 2.19. The number of hydrogen-bond donors (Lipinski definition) is 1. The van der Waals surface area contributed by atoms with Crippen molar-refractivity contribution in [1.82, 2.24) is 10.2 Å². The maximum Gasteiger partial charge on any atom is 0.159 e. The largest absolute Gasteiger partial charge is 0.362 e. The van der Waals surface area contributed by atoms with Crippen LogP contribution in [0.15, 0.2) is 71.8 Å². The van der Waals surface area contributed by atoms with Gasteiger partial charge < -0.3 is 10.2 Å². The van der Waals surface area contributed by atoms with E-state index in [1.165, 1.54) is 12.1 Å². The van der Waals surface area contributed by atoms with Gasteiger partial charge in [-0.05, 0) is 36.1 Å². The van der Waals surface area contributed by atoms with Gasteiger partial charge in [-0.25, -0.2) is 13.8 Å². The average molecular weight is 301 g/mol. The molecule has 1 aromatic rings. The predicted octanol–water partition coefficient (Wildman–Crippen LogP) is 3.50. The fourth-order valence-electron chi connectivity index (χ4n) is 2.06. The predicted molar refractivity (Wildman–Crippen MR) is 85.0 cm³/mol. The molecule has 0 spiro atoms. The summed E-state index contributed by atoms with van der Waals surface area (Å²) in [7, 11) is 0. The molecule has 0 fully saturated rings. The number of aliphatic imine (C=N–C) groups is 1. The van der Waals surface area contributed by atoms with Gasteiger partial charge >= 0.3 is 0 Å². The summed E-state index contributed by atoms with van der Waals surface area (Å²) in [5.41, 5.74) is 2.35. The third-order valence-corrected chi connectivity index (χ3v) is 3.31. The van der Waals surface area contributed by atoms with Crippen LogP contribution in [0.2, 0.25) is 0 Å².